The number of halogens is 3. The van der Waals surface area contributed by atoms with Crippen LogP contribution in [0.3, 0.4) is 0 Å². The minimum atomic E-state index is -1.10. The fourth-order valence-corrected chi connectivity index (χ4v) is 2.54. The van der Waals surface area contributed by atoms with E-state index < -0.39 is 29.5 Å². The van der Waals surface area contributed by atoms with Crippen LogP contribution < -0.4 is 5.32 Å². The molecule has 1 amide bonds. The number of carboxylic acids is 1. The van der Waals surface area contributed by atoms with E-state index in [9.17, 15) is 22.8 Å². The summed E-state index contributed by atoms with van der Waals surface area (Å²) in [4.78, 5) is 23.1. The highest BCUT2D eigenvalue weighted by molar-refractivity contribution is 5.77. The summed E-state index contributed by atoms with van der Waals surface area (Å²) in [5.74, 6) is -3.79. The highest BCUT2D eigenvalue weighted by atomic mass is 19.2. The number of aliphatic carboxylic acids is 1. The van der Waals surface area contributed by atoms with Crippen LogP contribution in [0.1, 0.15) is 36.4 Å². The zero-order valence-corrected chi connectivity index (χ0v) is 13.8. The Kier molecular flexibility index (Phi) is 6.77. The lowest BCUT2D eigenvalue weighted by Gasteiger charge is -2.17. The number of hydrogen-bond donors (Lipinski definition) is 2. The molecule has 1 unspecified atom stereocenters. The SMILES string of the molecule is O=C(O)CC(NC(=O)CCCc1ccc(F)c(F)c1)c1ccc(F)cc1. The van der Waals surface area contributed by atoms with Gasteiger partial charge in [-0.3, -0.25) is 9.59 Å². The predicted molar refractivity (Wildman–Crippen MR) is 88.8 cm³/mol. The van der Waals surface area contributed by atoms with E-state index in [-0.39, 0.29) is 18.7 Å². The molecule has 2 N–H and O–H groups in total. The van der Waals surface area contributed by atoms with Gasteiger partial charge < -0.3 is 10.4 Å². The highest BCUT2D eigenvalue weighted by Crippen LogP contribution is 2.18. The van der Waals surface area contributed by atoms with Crippen molar-refractivity contribution in [2.24, 2.45) is 0 Å². The van der Waals surface area contributed by atoms with Crippen LogP contribution in [-0.4, -0.2) is 17.0 Å². The molecule has 2 rings (SSSR count). The Morgan fingerprint density at radius 1 is 1.00 bits per heavy atom. The fraction of sp³-hybridized carbons (Fsp3) is 0.263. The summed E-state index contributed by atoms with van der Waals surface area (Å²) in [6.07, 6.45) is 0.529. The normalized spacial score (nSPS) is 11.8. The summed E-state index contributed by atoms with van der Waals surface area (Å²) in [5, 5.41) is 11.6. The molecule has 138 valence electrons. The van der Waals surface area contributed by atoms with Crippen molar-refractivity contribution in [1.82, 2.24) is 5.32 Å². The molecule has 2 aromatic carbocycles. The maximum Gasteiger partial charge on any atom is 0.305 e. The second-order valence-corrected chi connectivity index (χ2v) is 5.87. The van der Waals surface area contributed by atoms with Crippen LogP contribution in [0.5, 0.6) is 0 Å². The van der Waals surface area contributed by atoms with Gasteiger partial charge in [0, 0.05) is 6.42 Å². The molecule has 7 heteroatoms. The van der Waals surface area contributed by atoms with Crippen molar-refractivity contribution in [3.8, 4) is 0 Å². The van der Waals surface area contributed by atoms with Crippen LogP contribution in [0, 0.1) is 17.5 Å². The smallest absolute Gasteiger partial charge is 0.305 e. The van der Waals surface area contributed by atoms with Crippen molar-refractivity contribution in [2.45, 2.75) is 31.7 Å². The van der Waals surface area contributed by atoms with E-state index in [1.165, 1.54) is 30.3 Å². The fourth-order valence-electron chi connectivity index (χ4n) is 2.54. The van der Waals surface area contributed by atoms with E-state index >= 15 is 0 Å². The number of benzene rings is 2. The number of carbonyl (C=O) groups is 2. The summed E-state index contributed by atoms with van der Waals surface area (Å²) in [7, 11) is 0. The number of nitrogens with one attached hydrogen (secondary N) is 1. The summed E-state index contributed by atoms with van der Waals surface area (Å²) in [6, 6.07) is 8.01. The third-order valence-electron chi connectivity index (χ3n) is 3.84. The van der Waals surface area contributed by atoms with Crippen molar-refractivity contribution < 1.29 is 27.9 Å². The van der Waals surface area contributed by atoms with Gasteiger partial charge in [-0.05, 0) is 48.2 Å². The molecule has 0 aliphatic carbocycles. The molecule has 0 saturated heterocycles. The topological polar surface area (TPSA) is 66.4 Å². The maximum absolute atomic E-state index is 13.1. The molecule has 0 radical (unpaired) electrons. The predicted octanol–water partition coefficient (Wildman–Crippen LogP) is 3.76. The average molecular weight is 365 g/mol. The van der Waals surface area contributed by atoms with Gasteiger partial charge in [0.2, 0.25) is 5.91 Å². The van der Waals surface area contributed by atoms with E-state index in [1.807, 2.05) is 0 Å². The Labute approximate surface area is 148 Å². The molecule has 0 spiro atoms. The van der Waals surface area contributed by atoms with Crippen LogP contribution >= 0.6 is 0 Å². The Bertz CT molecular complexity index is 778. The quantitative estimate of drug-likeness (QED) is 0.749. The average Bonchev–Trinajstić information content (AvgIpc) is 2.58. The zero-order chi connectivity index (χ0) is 19.1. The minimum absolute atomic E-state index is 0.0936. The Morgan fingerprint density at radius 2 is 1.69 bits per heavy atom. The van der Waals surface area contributed by atoms with E-state index in [1.54, 1.807) is 0 Å². The van der Waals surface area contributed by atoms with Crippen LogP contribution in [0.2, 0.25) is 0 Å². The first-order valence-electron chi connectivity index (χ1n) is 8.05. The first kappa shape index (κ1) is 19.5. The summed E-state index contributed by atoms with van der Waals surface area (Å²) >= 11 is 0. The number of rotatable bonds is 8. The maximum atomic E-state index is 13.1. The number of carboxylic acid groups (broad SMARTS) is 1. The van der Waals surface area contributed by atoms with Crippen LogP contribution in [0.4, 0.5) is 13.2 Å². The van der Waals surface area contributed by atoms with Crippen molar-refractivity contribution in [3.63, 3.8) is 0 Å². The molecular weight excluding hydrogens is 347 g/mol. The van der Waals surface area contributed by atoms with Crippen LogP contribution in [0.25, 0.3) is 0 Å². The summed E-state index contributed by atoms with van der Waals surface area (Å²) < 4.78 is 39.0. The van der Waals surface area contributed by atoms with Gasteiger partial charge in [-0.25, -0.2) is 13.2 Å². The van der Waals surface area contributed by atoms with Crippen molar-refractivity contribution in [1.29, 1.82) is 0 Å². The Balaban J connectivity index is 1.90. The standard InChI is InChI=1S/C19H18F3NO3/c20-14-7-5-13(6-8-14)17(11-19(25)26)23-18(24)3-1-2-12-4-9-15(21)16(22)10-12/h4-10,17H,1-3,11H2,(H,23,24)(H,25,26). The third kappa shape index (κ3) is 5.91. The van der Waals surface area contributed by atoms with Gasteiger partial charge in [0.05, 0.1) is 12.5 Å². The summed E-state index contributed by atoms with van der Waals surface area (Å²) in [6.45, 7) is 0. The molecule has 0 aliphatic rings. The molecule has 0 saturated carbocycles. The Morgan fingerprint density at radius 3 is 2.31 bits per heavy atom. The molecule has 1 atom stereocenters. The van der Waals surface area contributed by atoms with Crippen LogP contribution in [0.15, 0.2) is 42.5 Å². The van der Waals surface area contributed by atoms with E-state index in [0.29, 0.717) is 24.0 Å². The van der Waals surface area contributed by atoms with Gasteiger partial charge in [0.15, 0.2) is 11.6 Å². The number of aryl methyl sites for hydroxylation is 1. The molecule has 4 nitrogen and oxygen atoms in total. The molecule has 26 heavy (non-hydrogen) atoms. The number of amides is 1. The molecule has 0 fully saturated rings. The van der Waals surface area contributed by atoms with E-state index in [0.717, 1.165) is 12.1 Å². The largest absolute Gasteiger partial charge is 0.481 e. The Hall–Kier alpha value is -2.83. The van der Waals surface area contributed by atoms with Gasteiger partial charge in [0.25, 0.3) is 0 Å². The lowest BCUT2D eigenvalue weighted by Crippen LogP contribution is -2.30. The van der Waals surface area contributed by atoms with E-state index in [2.05, 4.69) is 5.32 Å². The second-order valence-electron chi connectivity index (χ2n) is 5.87. The summed E-state index contributed by atoms with van der Waals surface area (Å²) in [5.41, 5.74) is 1.06. The van der Waals surface area contributed by atoms with Crippen LogP contribution in [-0.2, 0) is 16.0 Å². The lowest BCUT2D eigenvalue weighted by molar-refractivity contribution is -0.137. The molecule has 0 heterocycles. The first-order valence-corrected chi connectivity index (χ1v) is 8.05. The highest BCUT2D eigenvalue weighted by Gasteiger charge is 2.18. The molecule has 0 aromatic heterocycles. The molecule has 0 bridgehead atoms. The number of hydrogen-bond acceptors (Lipinski definition) is 2. The van der Waals surface area contributed by atoms with Gasteiger partial charge in [-0.1, -0.05) is 18.2 Å². The number of carbonyl (C=O) groups excluding carboxylic acids is 1. The molecular formula is C19H18F3NO3. The van der Waals surface area contributed by atoms with Gasteiger partial charge >= 0.3 is 5.97 Å². The van der Waals surface area contributed by atoms with Gasteiger partial charge in [-0.2, -0.15) is 0 Å². The third-order valence-corrected chi connectivity index (χ3v) is 3.84. The molecule has 0 aliphatic heterocycles. The monoisotopic (exact) mass is 365 g/mol. The second kappa shape index (κ2) is 9.03. The van der Waals surface area contributed by atoms with Gasteiger partial charge in [-0.15, -0.1) is 0 Å². The lowest BCUT2D eigenvalue weighted by atomic mass is 10.0. The van der Waals surface area contributed by atoms with Crippen molar-refractivity contribution >= 4 is 11.9 Å². The van der Waals surface area contributed by atoms with E-state index in [4.69, 9.17) is 5.11 Å². The molecule has 2 aromatic rings. The van der Waals surface area contributed by atoms with Crippen molar-refractivity contribution in [2.75, 3.05) is 0 Å². The minimum Gasteiger partial charge on any atom is -0.481 e. The van der Waals surface area contributed by atoms with Gasteiger partial charge in [0.1, 0.15) is 5.82 Å². The van der Waals surface area contributed by atoms with Crippen molar-refractivity contribution in [3.05, 3.63) is 71.0 Å². The zero-order valence-electron chi connectivity index (χ0n) is 13.8. The first-order chi connectivity index (χ1) is 12.3.